The quantitative estimate of drug-likeness (QED) is 0.249. The Morgan fingerprint density at radius 3 is 1.88 bits per heavy atom. The summed E-state index contributed by atoms with van der Waals surface area (Å²) in [6, 6.07) is 0. The SMILES string of the molecule is C=[C](C1CC(C(=O)OCC)(C(=O)OCC)C/C1=[CH]\[Sn]([CH3])([CH3])[CH3])[Sn]([CH3])([CH3])[CH3]. The van der Waals surface area contributed by atoms with Gasteiger partial charge in [-0.1, -0.05) is 0 Å². The third kappa shape index (κ3) is 5.76. The van der Waals surface area contributed by atoms with Gasteiger partial charge in [0.25, 0.3) is 0 Å². The van der Waals surface area contributed by atoms with E-state index in [-0.39, 0.29) is 19.1 Å². The fraction of sp³-hybridized carbons (Fsp3) is 0.700. The summed E-state index contributed by atoms with van der Waals surface area (Å²) in [5, 5.41) is 0. The van der Waals surface area contributed by atoms with Crippen molar-refractivity contribution in [1.29, 1.82) is 0 Å². The standard InChI is InChI=1S/C14H18O4.6CH3.2Sn/c1-5-11-9-14(8-10(11)4,12(15)17-6-2)13(16)18-7-3;;;;;;;;/h4,11H,1,6-9H2,2-3H3;6*1H3;;. The Morgan fingerprint density at radius 2 is 1.54 bits per heavy atom. The number of carbonyl (C=O) groups is 2. The molecule has 1 aliphatic carbocycles. The maximum atomic E-state index is 12.9. The molecule has 1 atom stereocenters. The van der Waals surface area contributed by atoms with Crippen molar-refractivity contribution in [2.45, 2.75) is 56.3 Å². The molecular formula is C20H36O4Sn2. The Labute approximate surface area is 167 Å². The molecule has 0 aromatic rings. The Hall–Kier alpha value is 0.0174. The van der Waals surface area contributed by atoms with E-state index in [4.69, 9.17) is 9.47 Å². The molecule has 0 aromatic heterocycles. The van der Waals surface area contributed by atoms with Gasteiger partial charge in [0.1, 0.15) is 0 Å². The molecule has 6 heteroatoms. The first-order valence-corrected chi connectivity index (χ1v) is 29.7. The van der Waals surface area contributed by atoms with Crippen molar-refractivity contribution >= 4 is 48.7 Å². The van der Waals surface area contributed by atoms with E-state index < -0.39 is 54.1 Å². The molecule has 0 spiro atoms. The second-order valence-corrected chi connectivity index (χ2v) is 38.3. The molecule has 0 radical (unpaired) electrons. The normalized spacial score (nSPS) is 21.5. The molecule has 1 rings (SSSR count). The van der Waals surface area contributed by atoms with Gasteiger partial charge in [0.15, 0.2) is 0 Å². The molecule has 0 saturated heterocycles. The maximum absolute atomic E-state index is 12.9. The fourth-order valence-electron chi connectivity index (χ4n) is 3.53. The zero-order valence-electron chi connectivity index (χ0n) is 17.8. The van der Waals surface area contributed by atoms with Crippen molar-refractivity contribution in [2.75, 3.05) is 13.2 Å². The van der Waals surface area contributed by atoms with Gasteiger partial charge in [0, 0.05) is 0 Å². The molecule has 0 N–H and O–H groups in total. The monoisotopic (exact) mass is 580 g/mol. The fourth-order valence-corrected chi connectivity index (χ4v) is 11.4. The molecule has 26 heavy (non-hydrogen) atoms. The van der Waals surface area contributed by atoms with Crippen LogP contribution in [0.4, 0.5) is 0 Å². The summed E-state index contributed by atoms with van der Waals surface area (Å²) in [6.07, 6.45) is 0.871. The summed E-state index contributed by atoms with van der Waals surface area (Å²) in [5.41, 5.74) is 0.0192. The summed E-state index contributed by atoms with van der Waals surface area (Å²) in [7, 11) is 0. The van der Waals surface area contributed by atoms with E-state index in [1.165, 1.54) is 9.16 Å². The van der Waals surface area contributed by atoms with Crippen LogP contribution in [-0.4, -0.2) is 61.9 Å². The molecule has 0 heterocycles. The third-order valence-corrected chi connectivity index (χ3v) is 14.9. The third-order valence-electron chi connectivity index (χ3n) is 4.84. The summed E-state index contributed by atoms with van der Waals surface area (Å²) in [4.78, 5) is 39.8. The van der Waals surface area contributed by atoms with Crippen molar-refractivity contribution in [3.8, 4) is 0 Å². The number of ether oxygens (including phenoxy) is 2. The van der Waals surface area contributed by atoms with Gasteiger partial charge < -0.3 is 0 Å². The molecule has 1 aliphatic rings. The van der Waals surface area contributed by atoms with Crippen LogP contribution < -0.4 is 0 Å². The van der Waals surface area contributed by atoms with Crippen LogP contribution in [0.2, 0.25) is 29.6 Å². The average Bonchev–Trinajstić information content (AvgIpc) is 2.84. The van der Waals surface area contributed by atoms with Crippen LogP contribution in [0.1, 0.15) is 26.7 Å². The van der Waals surface area contributed by atoms with Gasteiger partial charge >= 0.3 is 168 Å². The van der Waals surface area contributed by atoms with Gasteiger partial charge in [-0.25, -0.2) is 0 Å². The van der Waals surface area contributed by atoms with Gasteiger partial charge in [-0.05, 0) is 0 Å². The van der Waals surface area contributed by atoms with Crippen LogP contribution in [0.3, 0.4) is 0 Å². The zero-order valence-corrected chi connectivity index (χ0v) is 23.5. The van der Waals surface area contributed by atoms with Crippen LogP contribution in [0, 0.1) is 11.3 Å². The summed E-state index contributed by atoms with van der Waals surface area (Å²) < 4.78 is 14.3. The minimum absolute atomic E-state index is 0.107. The van der Waals surface area contributed by atoms with Crippen molar-refractivity contribution in [1.82, 2.24) is 0 Å². The summed E-state index contributed by atoms with van der Waals surface area (Å²) in [5.74, 6) is -0.767. The van der Waals surface area contributed by atoms with E-state index in [0.29, 0.717) is 12.8 Å². The van der Waals surface area contributed by atoms with Crippen LogP contribution in [0.25, 0.3) is 0 Å². The van der Waals surface area contributed by atoms with E-state index >= 15 is 0 Å². The van der Waals surface area contributed by atoms with Crippen LogP contribution in [-0.2, 0) is 19.1 Å². The van der Waals surface area contributed by atoms with Crippen LogP contribution >= 0.6 is 0 Å². The van der Waals surface area contributed by atoms with Crippen LogP contribution in [0.15, 0.2) is 19.8 Å². The molecule has 148 valence electrons. The molecule has 0 bridgehead atoms. The first-order valence-electron chi connectivity index (χ1n) is 9.54. The zero-order chi connectivity index (χ0) is 20.3. The van der Waals surface area contributed by atoms with Crippen LogP contribution in [0.5, 0.6) is 0 Å². The molecular weight excluding hydrogens is 542 g/mol. The molecule has 4 nitrogen and oxygen atoms in total. The number of hydrogen-bond acceptors (Lipinski definition) is 4. The second kappa shape index (κ2) is 9.01. The van der Waals surface area contributed by atoms with E-state index in [1.807, 2.05) is 0 Å². The van der Waals surface area contributed by atoms with Crippen molar-refractivity contribution in [3.63, 3.8) is 0 Å². The van der Waals surface area contributed by atoms with Crippen molar-refractivity contribution in [2.24, 2.45) is 11.3 Å². The second-order valence-electron chi connectivity index (χ2n) is 9.32. The molecule has 0 aliphatic heterocycles. The van der Waals surface area contributed by atoms with Crippen molar-refractivity contribution < 1.29 is 19.1 Å². The number of carbonyl (C=O) groups excluding carboxylic acids is 2. The Bertz CT molecular complexity index is 576. The van der Waals surface area contributed by atoms with Gasteiger partial charge in [0.05, 0.1) is 0 Å². The Morgan fingerprint density at radius 1 is 1.08 bits per heavy atom. The van der Waals surface area contributed by atoms with Gasteiger partial charge in [-0.15, -0.1) is 0 Å². The number of allylic oxidation sites excluding steroid dienone is 2. The first-order chi connectivity index (χ1) is 11.8. The predicted octanol–water partition coefficient (Wildman–Crippen LogP) is 4.75. The molecule has 1 unspecified atom stereocenters. The Kier molecular flexibility index (Phi) is 8.34. The Balaban J connectivity index is 3.47. The number of rotatable bonds is 7. The van der Waals surface area contributed by atoms with Gasteiger partial charge in [-0.3, -0.25) is 0 Å². The summed E-state index contributed by atoms with van der Waals surface area (Å²) >= 11 is -4.69. The summed E-state index contributed by atoms with van der Waals surface area (Å²) in [6.45, 7) is 8.51. The van der Waals surface area contributed by atoms with E-state index in [2.05, 4.69) is 40.3 Å². The van der Waals surface area contributed by atoms with Gasteiger partial charge in [0.2, 0.25) is 0 Å². The van der Waals surface area contributed by atoms with Gasteiger partial charge in [-0.2, -0.15) is 0 Å². The molecule has 0 amide bonds. The molecule has 1 saturated carbocycles. The number of esters is 2. The van der Waals surface area contributed by atoms with Crippen molar-refractivity contribution in [3.05, 3.63) is 19.8 Å². The van der Waals surface area contributed by atoms with E-state index in [9.17, 15) is 9.59 Å². The minimum atomic E-state index is -2.41. The number of hydrogen-bond donors (Lipinski definition) is 0. The topological polar surface area (TPSA) is 52.6 Å². The first kappa shape index (κ1) is 24.1. The average molecular weight is 578 g/mol. The van der Waals surface area contributed by atoms with E-state index in [1.54, 1.807) is 13.8 Å². The van der Waals surface area contributed by atoms with E-state index in [0.717, 1.165) is 0 Å². The molecule has 1 fully saturated rings. The molecule has 0 aromatic carbocycles. The predicted molar refractivity (Wildman–Crippen MR) is 112 cm³/mol.